The zero-order chi connectivity index (χ0) is 21.1. The number of aliphatic hydroxyl groups excluding tert-OH is 1. The summed E-state index contributed by atoms with van der Waals surface area (Å²) in [6, 6.07) is 11.2. The lowest BCUT2D eigenvalue weighted by atomic mass is 9.95. The fraction of sp³-hybridized carbons (Fsp3) is 0.190. The highest BCUT2D eigenvalue weighted by Crippen LogP contribution is 2.40. The van der Waals surface area contributed by atoms with Crippen LogP contribution in [0.4, 0.5) is 0 Å². The van der Waals surface area contributed by atoms with Crippen LogP contribution in [-0.2, 0) is 14.4 Å². The number of likely N-dealkylation sites (tertiary alicyclic amines) is 1. The molecule has 1 heterocycles. The molecule has 0 bridgehead atoms. The molecule has 3 rings (SSSR count). The zero-order valence-corrected chi connectivity index (χ0v) is 15.5. The van der Waals surface area contributed by atoms with Crippen LogP contribution in [0.3, 0.4) is 0 Å². The number of carbonyl (C=O) groups excluding carboxylic acids is 2. The van der Waals surface area contributed by atoms with E-state index in [1.165, 1.54) is 25.3 Å². The Balaban J connectivity index is 2.14. The Hall–Kier alpha value is -3.81. The summed E-state index contributed by atoms with van der Waals surface area (Å²) in [5, 5.41) is 29.7. The average Bonchev–Trinajstić information content (AvgIpc) is 2.96. The molecule has 0 aromatic heterocycles. The molecule has 8 heteroatoms. The summed E-state index contributed by atoms with van der Waals surface area (Å²) in [7, 11) is 1.49. The highest BCUT2D eigenvalue weighted by molar-refractivity contribution is 6.46. The van der Waals surface area contributed by atoms with Crippen molar-refractivity contribution in [1.29, 1.82) is 0 Å². The Labute approximate surface area is 166 Å². The predicted molar refractivity (Wildman–Crippen MR) is 102 cm³/mol. The third-order valence-electron chi connectivity index (χ3n) is 4.66. The lowest BCUT2D eigenvalue weighted by Gasteiger charge is -2.24. The molecule has 2 aromatic carbocycles. The minimum absolute atomic E-state index is 0.0873. The number of benzene rings is 2. The molecular formula is C21H19NO7. The molecule has 8 nitrogen and oxygen atoms in total. The van der Waals surface area contributed by atoms with Crippen LogP contribution in [0.2, 0.25) is 0 Å². The quantitative estimate of drug-likeness (QED) is 0.388. The van der Waals surface area contributed by atoms with Crippen molar-refractivity contribution in [3.05, 3.63) is 65.2 Å². The Kier molecular flexibility index (Phi) is 5.54. The number of ketones is 1. The number of carbonyl (C=O) groups is 3. The van der Waals surface area contributed by atoms with E-state index in [0.717, 1.165) is 4.90 Å². The van der Waals surface area contributed by atoms with Gasteiger partial charge < -0.3 is 25.0 Å². The normalized spacial score (nSPS) is 18.1. The minimum Gasteiger partial charge on any atom is -0.508 e. The van der Waals surface area contributed by atoms with Crippen molar-refractivity contribution >= 4 is 23.4 Å². The number of nitrogens with zero attached hydrogens (tertiary/aromatic N) is 1. The third kappa shape index (κ3) is 3.91. The second-order valence-electron chi connectivity index (χ2n) is 6.46. The molecule has 2 aromatic rings. The standard InChI is InChI=1S/C21H19NO7/c1-29-15-7-5-12(6-8-15)19(26)17-18(13-3-2-4-14(23)11-13)22(10-9-16(24)25)21(28)20(17)27/h2-8,11,18,23,26H,9-10H2,1H3,(H,24,25)/t18-/m0/s1. The molecule has 3 N–H and O–H groups in total. The van der Waals surface area contributed by atoms with Gasteiger partial charge in [0.15, 0.2) is 0 Å². The van der Waals surface area contributed by atoms with Gasteiger partial charge in [0.2, 0.25) is 0 Å². The van der Waals surface area contributed by atoms with Crippen LogP contribution >= 0.6 is 0 Å². The molecule has 1 aliphatic rings. The molecule has 150 valence electrons. The number of phenols is 1. The van der Waals surface area contributed by atoms with Crippen molar-refractivity contribution < 1.29 is 34.4 Å². The summed E-state index contributed by atoms with van der Waals surface area (Å²) in [6.07, 6.45) is -0.370. The molecule has 1 amide bonds. The fourth-order valence-electron chi connectivity index (χ4n) is 3.27. The average molecular weight is 397 g/mol. The number of phenolic OH excluding ortho intramolecular Hbond substituents is 1. The molecule has 0 saturated carbocycles. The van der Waals surface area contributed by atoms with E-state index < -0.39 is 29.5 Å². The first-order valence-corrected chi connectivity index (χ1v) is 8.77. The van der Waals surface area contributed by atoms with Crippen LogP contribution in [-0.4, -0.2) is 51.5 Å². The summed E-state index contributed by atoms with van der Waals surface area (Å²) in [4.78, 5) is 37.4. The van der Waals surface area contributed by atoms with E-state index in [-0.39, 0.29) is 24.3 Å². The Morgan fingerprint density at radius 1 is 1.10 bits per heavy atom. The maximum atomic E-state index is 12.7. The van der Waals surface area contributed by atoms with E-state index in [1.54, 1.807) is 30.3 Å². The van der Waals surface area contributed by atoms with Gasteiger partial charge in [-0.3, -0.25) is 14.4 Å². The van der Waals surface area contributed by atoms with Gasteiger partial charge in [-0.15, -0.1) is 0 Å². The van der Waals surface area contributed by atoms with Crippen LogP contribution in [0.1, 0.15) is 23.6 Å². The number of methoxy groups -OCH3 is 1. The van der Waals surface area contributed by atoms with Crippen molar-refractivity contribution in [3.8, 4) is 11.5 Å². The number of hydrogen-bond donors (Lipinski definition) is 3. The molecule has 0 aliphatic carbocycles. The van der Waals surface area contributed by atoms with E-state index >= 15 is 0 Å². The van der Waals surface area contributed by atoms with Crippen LogP contribution in [0, 0.1) is 0 Å². The number of ether oxygens (including phenoxy) is 1. The Morgan fingerprint density at radius 3 is 2.38 bits per heavy atom. The first-order chi connectivity index (χ1) is 13.8. The molecule has 0 unspecified atom stereocenters. The Morgan fingerprint density at radius 2 is 1.79 bits per heavy atom. The summed E-state index contributed by atoms with van der Waals surface area (Å²) in [5.74, 6) is -2.88. The first kappa shape index (κ1) is 19.9. The Bertz CT molecular complexity index is 994. The molecule has 0 radical (unpaired) electrons. The van der Waals surface area contributed by atoms with Crippen LogP contribution in [0.5, 0.6) is 11.5 Å². The lowest BCUT2D eigenvalue weighted by Crippen LogP contribution is -2.31. The number of aromatic hydroxyl groups is 1. The van der Waals surface area contributed by atoms with Gasteiger partial charge in [0.05, 0.1) is 25.1 Å². The van der Waals surface area contributed by atoms with Gasteiger partial charge in [-0.1, -0.05) is 12.1 Å². The number of Topliss-reactive ketones (excluding diaryl/α,β-unsaturated/α-hetero) is 1. The van der Waals surface area contributed by atoms with Gasteiger partial charge in [-0.25, -0.2) is 0 Å². The number of aliphatic carboxylic acids is 1. The van der Waals surface area contributed by atoms with Gasteiger partial charge in [-0.2, -0.15) is 0 Å². The minimum atomic E-state index is -1.13. The van der Waals surface area contributed by atoms with Gasteiger partial charge >= 0.3 is 5.97 Å². The number of rotatable bonds is 6. The summed E-state index contributed by atoms with van der Waals surface area (Å²) >= 11 is 0. The van der Waals surface area contributed by atoms with Gasteiger partial charge in [0, 0.05) is 12.1 Å². The summed E-state index contributed by atoms with van der Waals surface area (Å²) in [5.41, 5.74) is 0.507. The molecule has 29 heavy (non-hydrogen) atoms. The SMILES string of the molecule is COc1ccc(C(O)=C2C(=O)C(=O)N(CCC(=O)O)[C@H]2c2cccc(O)c2)cc1. The molecule has 1 fully saturated rings. The number of carboxylic acids is 1. The molecular weight excluding hydrogens is 378 g/mol. The third-order valence-corrected chi connectivity index (χ3v) is 4.66. The van der Waals surface area contributed by atoms with E-state index in [1.807, 2.05) is 0 Å². The van der Waals surface area contributed by atoms with Crippen LogP contribution in [0.25, 0.3) is 5.76 Å². The highest BCUT2D eigenvalue weighted by atomic mass is 16.5. The number of aliphatic hydroxyl groups is 1. The zero-order valence-electron chi connectivity index (χ0n) is 15.5. The molecule has 1 atom stereocenters. The van der Waals surface area contributed by atoms with Gasteiger partial charge in [0.25, 0.3) is 11.7 Å². The number of hydrogen-bond acceptors (Lipinski definition) is 6. The monoisotopic (exact) mass is 397 g/mol. The second-order valence-corrected chi connectivity index (χ2v) is 6.46. The van der Waals surface area contributed by atoms with Crippen LogP contribution < -0.4 is 4.74 Å². The summed E-state index contributed by atoms with van der Waals surface area (Å²) in [6.45, 7) is -0.223. The van der Waals surface area contributed by atoms with Crippen molar-refractivity contribution in [2.45, 2.75) is 12.5 Å². The van der Waals surface area contributed by atoms with Crippen LogP contribution in [0.15, 0.2) is 54.1 Å². The summed E-state index contributed by atoms with van der Waals surface area (Å²) < 4.78 is 5.08. The largest absolute Gasteiger partial charge is 0.508 e. The van der Waals surface area contributed by atoms with E-state index in [0.29, 0.717) is 16.9 Å². The maximum Gasteiger partial charge on any atom is 0.305 e. The number of amides is 1. The predicted octanol–water partition coefficient (Wildman–Crippen LogP) is 2.30. The van der Waals surface area contributed by atoms with Crippen molar-refractivity contribution in [2.75, 3.05) is 13.7 Å². The highest BCUT2D eigenvalue weighted by Gasteiger charge is 2.46. The van der Waals surface area contributed by atoms with Gasteiger partial charge in [-0.05, 0) is 42.0 Å². The number of carboxylic acid groups (broad SMARTS) is 1. The topological polar surface area (TPSA) is 124 Å². The van der Waals surface area contributed by atoms with Crippen molar-refractivity contribution in [2.24, 2.45) is 0 Å². The van der Waals surface area contributed by atoms with E-state index in [9.17, 15) is 24.6 Å². The molecule has 0 spiro atoms. The second kappa shape index (κ2) is 8.05. The smallest absolute Gasteiger partial charge is 0.305 e. The van der Waals surface area contributed by atoms with E-state index in [2.05, 4.69) is 0 Å². The fourth-order valence-corrected chi connectivity index (χ4v) is 3.27. The first-order valence-electron chi connectivity index (χ1n) is 8.77. The molecule has 1 aliphatic heterocycles. The van der Waals surface area contributed by atoms with Gasteiger partial charge in [0.1, 0.15) is 17.3 Å². The van der Waals surface area contributed by atoms with Crippen molar-refractivity contribution in [1.82, 2.24) is 4.90 Å². The van der Waals surface area contributed by atoms with Crippen molar-refractivity contribution in [3.63, 3.8) is 0 Å². The van der Waals surface area contributed by atoms with E-state index in [4.69, 9.17) is 9.84 Å². The molecule has 1 saturated heterocycles. The maximum absolute atomic E-state index is 12.7. The lowest BCUT2D eigenvalue weighted by molar-refractivity contribution is -0.142.